The van der Waals surface area contributed by atoms with Crippen LogP contribution in [0, 0.1) is 5.41 Å². The summed E-state index contributed by atoms with van der Waals surface area (Å²) in [7, 11) is -10.2. The maximum atomic E-state index is 14.8. The molecule has 20 heteroatoms. The van der Waals surface area contributed by atoms with E-state index in [1.165, 1.54) is 13.3 Å². The molecule has 0 amide bonds. The summed E-state index contributed by atoms with van der Waals surface area (Å²) in [6.45, 7) is 14.5. The maximum absolute atomic E-state index is 14.8. The van der Waals surface area contributed by atoms with Crippen LogP contribution in [0.3, 0.4) is 0 Å². The number of imidazole rings is 1. The third-order valence-electron chi connectivity index (χ3n) is 9.35. The monoisotopic (exact) mass is 839 g/mol. The smallest absolute Gasteiger partial charge is 0.464 e. The SMILES string of the molecule is CCN(CC)CCc1ccc2ccccc2c1OP(=O)(N[C@@H](C)C(=O)OCC(C)(C)C)OP(=O)(O)OC[C@H]1OC(C)[C@@H](n2cnc3c(N)nc(Cl)nc32)C[C@H]1O. The Bertz CT molecular complexity index is 2100. The van der Waals surface area contributed by atoms with E-state index in [1.807, 2.05) is 58.9 Å². The number of anilines is 1. The Labute approximate surface area is 331 Å². The topological polar surface area (TPSA) is 223 Å². The number of fused-ring (bicyclic) bond motifs is 2. The fourth-order valence-electron chi connectivity index (χ4n) is 6.32. The van der Waals surface area contributed by atoms with Gasteiger partial charge in [0, 0.05) is 11.9 Å². The Morgan fingerprint density at radius 3 is 2.59 bits per heavy atom. The largest absolute Gasteiger partial charge is 0.481 e. The second-order valence-corrected chi connectivity index (χ2v) is 18.6. The fraction of sp³-hybridized carbons (Fsp3) is 0.556. The highest BCUT2D eigenvalue weighted by atomic mass is 35.5. The number of benzene rings is 2. The molecule has 4 aromatic rings. The van der Waals surface area contributed by atoms with Crippen LogP contribution in [0.1, 0.15) is 66.5 Å². The number of phosphoric acid groups is 1. The summed E-state index contributed by atoms with van der Waals surface area (Å²) in [5.41, 5.74) is 6.93. The van der Waals surface area contributed by atoms with Crippen LogP contribution in [0.2, 0.25) is 5.28 Å². The number of likely N-dealkylation sites (N-methyl/N-ethyl adjacent to an activating group) is 1. The third kappa shape index (κ3) is 11.0. The van der Waals surface area contributed by atoms with Crippen LogP contribution in [-0.2, 0) is 38.7 Å². The fourth-order valence-corrected chi connectivity index (χ4v) is 9.51. The summed E-state index contributed by atoms with van der Waals surface area (Å²) in [6.07, 6.45) is -0.815. The zero-order chi connectivity index (χ0) is 41.0. The number of aliphatic hydroxyl groups is 1. The van der Waals surface area contributed by atoms with Crippen LogP contribution in [0.4, 0.5) is 5.82 Å². The Balaban J connectivity index is 1.37. The van der Waals surface area contributed by atoms with Gasteiger partial charge in [0.05, 0.1) is 37.8 Å². The first-order chi connectivity index (χ1) is 26.3. The van der Waals surface area contributed by atoms with Gasteiger partial charge in [-0.2, -0.15) is 19.4 Å². The van der Waals surface area contributed by atoms with Gasteiger partial charge in [-0.1, -0.05) is 71.0 Å². The molecule has 0 spiro atoms. The number of ether oxygens (including phenoxy) is 2. The molecule has 7 atom stereocenters. The van der Waals surface area contributed by atoms with Crippen LogP contribution >= 0.6 is 27.2 Å². The number of hydrogen-bond acceptors (Lipinski definition) is 14. The molecule has 0 bridgehead atoms. The van der Waals surface area contributed by atoms with Crippen molar-refractivity contribution in [1.82, 2.24) is 29.5 Å². The Hall–Kier alpha value is -3.21. The molecule has 56 heavy (non-hydrogen) atoms. The molecule has 3 heterocycles. The zero-order valence-corrected chi connectivity index (χ0v) is 35.2. The van der Waals surface area contributed by atoms with Crippen molar-refractivity contribution in [2.24, 2.45) is 5.41 Å². The second-order valence-electron chi connectivity index (χ2n) is 15.0. The van der Waals surface area contributed by atoms with Gasteiger partial charge in [0.1, 0.15) is 23.4 Å². The first-order valence-electron chi connectivity index (χ1n) is 18.5. The number of esters is 1. The number of phosphoric ester groups is 1. The van der Waals surface area contributed by atoms with Gasteiger partial charge in [-0.05, 0) is 67.7 Å². The van der Waals surface area contributed by atoms with Gasteiger partial charge in [0.2, 0.25) is 5.28 Å². The summed E-state index contributed by atoms with van der Waals surface area (Å²) in [5, 5.41) is 14.9. The van der Waals surface area contributed by atoms with Crippen molar-refractivity contribution in [3.8, 4) is 5.75 Å². The Kier molecular flexibility index (Phi) is 14.2. The maximum Gasteiger partial charge on any atom is 0.481 e. The van der Waals surface area contributed by atoms with E-state index in [2.05, 4.69) is 24.9 Å². The van der Waals surface area contributed by atoms with E-state index in [9.17, 15) is 23.9 Å². The van der Waals surface area contributed by atoms with E-state index in [-0.39, 0.29) is 35.3 Å². The minimum atomic E-state index is -5.28. The van der Waals surface area contributed by atoms with Crippen molar-refractivity contribution in [1.29, 1.82) is 0 Å². The Morgan fingerprint density at radius 2 is 1.89 bits per heavy atom. The van der Waals surface area contributed by atoms with Crippen LogP contribution in [0.25, 0.3) is 21.9 Å². The van der Waals surface area contributed by atoms with Gasteiger partial charge in [-0.25, -0.2) is 14.1 Å². The predicted octanol–water partition coefficient (Wildman–Crippen LogP) is 6.07. The number of nitrogens with one attached hydrogen (secondary N) is 1. The van der Waals surface area contributed by atoms with E-state index in [0.717, 1.165) is 18.5 Å². The lowest BCUT2D eigenvalue weighted by Gasteiger charge is -2.38. The molecule has 5 rings (SSSR count). The molecule has 3 unspecified atom stereocenters. The molecule has 1 aliphatic rings. The van der Waals surface area contributed by atoms with Gasteiger partial charge in [-0.15, -0.1) is 0 Å². The zero-order valence-electron chi connectivity index (χ0n) is 32.6. The minimum Gasteiger partial charge on any atom is -0.464 e. The molecule has 0 radical (unpaired) electrons. The van der Waals surface area contributed by atoms with Crippen molar-refractivity contribution >= 4 is 60.9 Å². The number of halogens is 1. The summed E-state index contributed by atoms with van der Waals surface area (Å²) < 4.78 is 58.4. The lowest BCUT2D eigenvalue weighted by molar-refractivity contribution is -0.148. The van der Waals surface area contributed by atoms with E-state index in [1.54, 1.807) is 23.6 Å². The van der Waals surface area contributed by atoms with Crippen LogP contribution in [0.15, 0.2) is 42.7 Å². The highest BCUT2D eigenvalue weighted by molar-refractivity contribution is 7.63. The molecule has 1 saturated heterocycles. The first kappa shape index (κ1) is 43.9. The van der Waals surface area contributed by atoms with Crippen LogP contribution in [-0.4, -0.2) is 97.6 Å². The third-order valence-corrected chi connectivity index (χ3v) is 12.8. The van der Waals surface area contributed by atoms with Gasteiger partial charge in [0.15, 0.2) is 11.5 Å². The van der Waals surface area contributed by atoms with E-state index in [0.29, 0.717) is 35.1 Å². The van der Waals surface area contributed by atoms with Gasteiger partial charge < -0.3 is 39.2 Å². The standard InChI is InChI=1S/C36H52ClN7O10P2/c1-8-43(9-2)17-16-25-15-14-24-12-10-11-13-26(24)31(25)53-55(47,42-22(3)34(46)50-20-36(5,6)7)54-56(48,49)51-19-29-28(45)18-27(23(4)52-29)44-21-39-30-32(38)40-35(37)41-33(30)44/h10-15,21-23,27-29,45H,8-9,16-20H2,1-7H3,(H,42,47)(H,48,49)(H2,38,40,41)/t22-,23?,27-,28+,29+,55?/m0/s1. The number of nitrogens with zero attached hydrogens (tertiary/aromatic N) is 5. The molecule has 1 fully saturated rings. The van der Waals surface area contributed by atoms with Gasteiger partial charge >= 0.3 is 21.5 Å². The predicted molar refractivity (Wildman–Crippen MR) is 212 cm³/mol. The van der Waals surface area contributed by atoms with Crippen molar-refractivity contribution < 1.29 is 46.8 Å². The molecule has 0 saturated carbocycles. The minimum absolute atomic E-state index is 0.0554. The molecule has 308 valence electrons. The molecule has 5 N–H and O–H groups in total. The van der Waals surface area contributed by atoms with E-state index >= 15 is 0 Å². The van der Waals surface area contributed by atoms with Crippen molar-refractivity contribution in [3.05, 3.63) is 53.6 Å². The number of carbonyl (C=O) groups is 1. The number of carbonyl (C=O) groups excluding carboxylic acids is 1. The normalized spacial score (nSPS) is 21.8. The summed E-state index contributed by atoms with van der Waals surface area (Å²) in [4.78, 5) is 38.8. The average Bonchev–Trinajstić information content (AvgIpc) is 3.55. The number of hydrogen-bond donors (Lipinski definition) is 4. The van der Waals surface area contributed by atoms with E-state index in [4.69, 9.17) is 40.2 Å². The molecular weight excluding hydrogens is 788 g/mol. The summed E-state index contributed by atoms with van der Waals surface area (Å²) in [6, 6.07) is 9.17. The highest BCUT2D eigenvalue weighted by Crippen LogP contribution is 2.61. The highest BCUT2D eigenvalue weighted by Gasteiger charge is 2.44. The number of aliphatic hydroxyl groups excluding tert-OH is 1. The molecule has 1 aliphatic heterocycles. The summed E-state index contributed by atoms with van der Waals surface area (Å²) >= 11 is 6.04. The second kappa shape index (κ2) is 18.2. The van der Waals surface area contributed by atoms with Crippen molar-refractivity contribution in [2.75, 3.05) is 38.6 Å². The first-order valence-corrected chi connectivity index (χ1v) is 21.9. The quantitative estimate of drug-likeness (QED) is 0.0538. The lowest BCUT2D eigenvalue weighted by Crippen LogP contribution is -2.46. The molecular formula is C36H52ClN7O10P2. The Morgan fingerprint density at radius 1 is 1.18 bits per heavy atom. The van der Waals surface area contributed by atoms with Gasteiger partial charge in [-0.3, -0.25) is 9.32 Å². The van der Waals surface area contributed by atoms with Crippen LogP contribution in [0.5, 0.6) is 5.75 Å². The average molecular weight is 840 g/mol. The van der Waals surface area contributed by atoms with E-state index < -0.39 is 58.5 Å². The van der Waals surface area contributed by atoms with Crippen molar-refractivity contribution in [3.63, 3.8) is 0 Å². The molecule has 2 aromatic heterocycles. The molecule has 17 nitrogen and oxygen atoms in total. The number of aromatic nitrogens is 4. The number of nitrogen functional groups attached to an aromatic ring is 1. The van der Waals surface area contributed by atoms with Crippen LogP contribution < -0.4 is 15.3 Å². The van der Waals surface area contributed by atoms with Crippen molar-refractivity contribution in [2.45, 2.75) is 91.7 Å². The molecule has 2 aromatic carbocycles. The van der Waals surface area contributed by atoms with Gasteiger partial charge in [0.25, 0.3) is 0 Å². The number of rotatable bonds is 17. The lowest BCUT2D eigenvalue weighted by atomic mass is 9.97. The number of nitrogens with two attached hydrogens (primary N) is 1. The summed E-state index contributed by atoms with van der Waals surface area (Å²) in [5.74, 6) is -0.547. The molecule has 0 aliphatic carbocycles.